The average Bonchev–Trinajstić information content (AvgIpc) is 3.06. The Balaban J connectivity index is 2.00. The van der Waals surface area contributed by atoms with Crippen LogP contribution >= 0.6 is 0 Å². The minimum Gasteiger partial charge on any atom is -0.282 e. The van der Waals surface area contributed by atoms with Crippen LogP contribution in [0.15, 0.2) is 35.3 Å². The summed E-state index contributed by atoms with van der Waals surface area (Å²) in [4.78, 5) is 27.7. The number of aryl methyl sites for hydroxylation is 2. The molecule has 0 unspecified atom stereocenters. The lowest BCUT2D eigenvalue weighted by molar-refractivity contribution is -0.384. The Bertz CT molecular complexity index is 1240. The Morgan fingerprint density at radius 2 is 2.04 bits per heavy atom. The standard InChI is InChI=1S/C16H13N7O3/c1-3-13-17-16-19-18-14-11(22(16)20-13)6-7-21(15(14)24)12-8-10(23(25)26)5-4-9(12)2/h4-8H,3H2,1-2H3. The molecule has 0 spiro atoms. The van der Waals surface area contributed by atoms with E-state index in [1.54, 1.807) is 25.3 Å². The lowest BCUT2D eigenvalue weighted by Crippen LogP contribution is -2.21. The first kappa shape index (κ1) is 15.8. The number of hydrogen-bond donors (Lipinski definition) is 0. The van der Waals surface area contributed by atoms with Crippen LogP contribution in [0.5, 0.6) is 0 Å². The third kappa shape index (κ3) is 2.31. The number of hydrogen-bond acceptors (Lipinski definition) is 7. The molecule has 130 valence electrons. The molecule has 0 saturated heterocycles. The predicted molar refractivity (Wildman–Crippen MR) is 92.4 cm³/mol. The molecule has 4 aromatic rings. The van der Waals surface area contributed by atoms with E-state index < -0.39 is 10.5 Å². The largest absolute Gasteiger partial charge is 0.285 e. The molecule has 0 bridgehead atoms. The second-order valence-corrected chi connectivity index (χ2v) is 5.75. The Kier molecular flexibility index (Phi) is 3.46. The summed E-state index contributed by atoms with van der Waals surface area (Å²) in [6.45, 7) is 3.69. The van der Waals surface area contributed by atoms with Gasteiger partial charge in [-0.1, -0.05) is 13.0 Å². The zero-order chi connectivity index (χ0) is 18.4. The van der Waals surface area contributed by atoms with Gasteiger partial charge in [0.1, 0.15) is 5.52 Å². The molecule has 26 heavy (non-hydrogen) atoms. The zero-order valence-corrected chi connectivity index (χ0v) is 13.9. The molecule has 0 amide bonds. The van der Waals surface area contributed by atoms with Crippen LogP contribution in [0, 0.1) is 17.0 Å². The fraction of sp³-hybridized carbons (Fsp3) is 0.188. The smallest absolute Gasteiger partial charge is 0.282 e. The van der Waals surface area contributed by atoms with Crippen molar-refractivity contribution >= 4 is 22.5 Å². The fourth-order valence-electron chi connectivity index (χ4n) is 2.76. The van der Waals surface area contributed by atoms with E-state index in [2.05, 4.69) is 20.3 Å². The van der Waals surface area contributed by atoms with Gasteiger partial charge in [0, 0.05) is 24.8 Å². The SMILES string of the molecule is CCc1nc2nnc3c(=O)n(-c4cc([N+](=O)[O-])ccc4C)ccc3n2n1. The number of pyridine rings is 1. The second-order valence-electron chi connectivity index (χ2n) is 5.75. The Labute approximate surface area is 145 Å². The fourth-order valence-corrected chi connectivity index (χ4v) is 2.76. The molecule has 0 N–H and O–H groups in total. The molecule has 10 heteroatoms. The zero-order valence-electron chi connectivity index (χ0n) is 13.9. The van der Waals surface area contributed by atoms with Crippen molar-refractivity contribution in [3.8, 4) is 5.69 Å². The summed E-state index contributed by atoms with van der Waals surface area (Å²) < 4.78 is 2.80. The molecule has 0 atom stereocenters. The van der Waals surface area contributed by atoms with Crippen LogP contribution in [0.3, 0.4) is 0 Å². The third-order valence-electron chi connectivity index (χ3n) is 4.13. The first-order chi connectivity index (χ1) is 12.5. The number of aromatic nitrogens is 6. The highest BCUT2D eigenvalue weighted by molar-refractivity contribution is 5.75. The van der Waals surface area contributed by atoms with Crippen LogP contribution < -0.4 is 5.56 Å². The lowest BCUT2D eigenvalue weighted by atomic mass is 10.1. The van der Waals surface area contributed by atoms with Crippen molar-refractivity contribution in [3.63, 3.8) is 0 Å². The van der Waals surface area contributed by atoms with E-state index in [0.29, 0.717) is 29.2 Å². The number of non-ortho nitro benzene ring substituents is 1. The summed E-state index contributed by atoms with van der Waals surface area (Å²) in [5.74, 6) is 0.920. The van der Waals surface area contributed by atoms with Gasteiger partial charge >= 0.3 is 0 Å². The molecule has 0 aliphatic rings. The van der Waals surface area contributed by atoms with Gasteiger partial charge in [-0.2, -0.15) is 9.50 Å². The minimum absolute atomic E-state index is 0.0944. The van der Waals surface area contributed by atoms with Crippen molar-refractivity contribution in [2.24, 2.45) is 0 Å². The van der Waals surface area contributed by atoms with Gasteiger partial charge in [0.25, 0.3) is 17.0 Å². The van der Waals surface area contributed by atoms with E-state index in [4.69, 9.17) is 0 Å². The summed E-state index contributed by atoms with van der Waals surface area (Å²) in [5.41, 5.74) is 1.20. The molecule has 0 aliphatic heterocycles. The average molecular weight is 351 g/mol. The van der Waals surface area contributed by atoms with Crippen LogP contribution in [0.1, 0.15) is 18.3 Å². The first-order valence-electron chi connectivity index (χ1n) is 7.88. The molecule has 3 heterocycles. The van der Waals surface area contributed by atoms with Crippen molar-refractivity contribution in [2.75, 3.05) is 0 Å². The van der Waals surface area contributed by atoms with E-state index >= 15 is 0 Å². The Morgan fingerprint density at radius 1 is 1.23 bits per heavy atom. The molecular formula is C16H13N7O3. The number of nitro benzene ring substituents is 1. The number of nitro groups is 1. The third-order valence-corrected chi connectivity index (χ3v) is 4.13. The van der Waals surface area contributed by atoms with Gasteiger partial charge in [0.05, 0.1) is 10.6 Å². The highest BCUT2D eigenvalue weighted by Gasteiger charge is 2.15. The van der Waals surface area contributed by atoms with Crippen molar-refractivity contribution in [2.45, 2.75) is 20.3 Å². The maximum atomic E-state index is 12.9. The van der Waals surface area contributed by atoms with Gasteiger partial charge in [-0.3, -0.25) is 19.5 Å². The topological polar surface area (TPSA) is 121 Å². The van der Waals surface area contributed by atoms with Crippen LogP contribution in [-0.4, -0.2) is 34.3 Å². The van der Waals surface area contributed by atoms with Crippen molar-refractivity contribution in [1.82, 2.24) is 29.4 Å². The molecule has 3 aromatic heterocycles. The minimum atomic E-state index is -0.500. The summed E-state index contributed by atoms with van der Waals surface area (Å²) in [5, 5.41) is 23.3. The molecule has 0 aliphatic carbocycles. The highest BCUT2D eigenvalue weighted by atomic mass is 16.6. The number of rotatable bonds is 3. The monoisotopic (exact) mass is 351 g/mol. The van der Waals surface area contributed by atoms with E-state index in [9.17, 15) is 14.9 Å². The van der Waals surface area contributed by atoms with Gasteiger partial charge < -0.3 is 0 Å². The van der Waals surface area contributed by atoms with Crippen molar-refractivity contribution < 1.29 is 4.92 Å². The van der Waals surface area contributed by atoms with Crippen LogP contribution in [0.2, 0.25) is 0 Å². The Hall–Kier alpha value is -3.69. The maximum Gasteiger partial charge on any atom is 0.285 e. The van der Waals surface area contributed by atoms with Gasteiger partial charge in [-0.05, 0) is 18.6 Å². The molecule has 0 radical (unpaired) electrons. The Morgan fingerprint density at radius 3 is 2.77 bits per heavy atom. The summed E-state index contributed by atoms with van der Waals surface area (Å²) >= 11 is 0. The van der Waals surface area contributed by atoms with Crippen LogP contribution in [-0.2, 0) is 6.42 Å². The second kappa shape index (κ2) is 5.69. The normalized spacial score (nSPS) is 11.3. The van der Waals surface area contributed by atoms with Gasteiger partial charge in [-0.15, -0.1) is 15.3 Å². The quantitative estimate of drug-likeness (QED) is 0.406. The van der Waals surface area contributed by atoms with Crippen molar-refractivity contribution in [3.05, 3.63) is 62.3 Å². The summed E-state index contributed by atoms with van der Waals surface area (Å²) in [6.07, 6.45) is 2.18. The summed E-state index contributed by atoms with van der Waals surface area (Å²) in [7, 11) is 0. The molecule has 0 fully saturated rings. The highest BCUT2D eigenvalue weighted by Crippen LogP contribution is 2.20. The molecule has 1 aromatic carbocycles. The van der Waals surface area contributed by atoms with Gasteiger partial charge in [0.15, 0.2) is 11.3 Å². The van der Waals surface area contributed by atoms with Crippen LogP contribution in [0.4, 0.5) is 5.69 Å². The number of benzene rings is 1. The first-order valence-corrected chi connectivity index (χ1v) is 7.88. The van der Waals surface area contributed by atoms with Crippen molar-refractivity contribution in [1.29, 1.82) is 0 Å². The van der Waals surface area contributed by atoms with E-state index in [-0.39, 0.29) is 11.2 Å². The predicted octanol–water partition coefficient (Wildman–Crippen LogP) is 1.60. The maximum absolute atomic E-state index is 12.9. The van der Waals surface area contributed by atoms with E-state index in [1.807, 2.05) is 6.92 Å². The van der Waals surface area contributed by atoms with Crippen LogP contribution in [0.25, 0.3) is 22.5 Å². The summed E-state index contributed by atoms with van der Waals surface area (Å²) in [6, 6.07) is 6.03. The van der Waals surface area contributed by atoms with E-state index in [0.717, 1.165) is 5.56 Å². The van der Waals surface area contributed by atoms with E-state index in [1.165, 1.54) is 21.2 Å². The molecular weight excluding hydrogens is 338 g/mol. The lowest BCUT2D eigenvalue weighted by Gasteiger charge is -2.09. The van der Waals surface area contributed by atoms with Gasteiger partial charge in [0.2, 0.25) is 0 Å². The molecule has 0 saturated carbocycles. The molecule has 4 rings (SSSR count). The molecule has 10 nitrogen and oxygen atoms in total. The number of fused-ring (bicyclic) bond motifs is 3. The van der Waals surface area contributed by atoms with Gasteiger partial charge in [-0.25, -0.2) is 0 Å². The number of nitrogens with zero attached hydrogens (tertiary/aromatic N) is 7.